The zero-order chi connectivity index (χ0) is 10.8. The Morgan fingerprint density at radius 2 is 2.27 bits per heavy atom. The van der Waals surface area contributed by atoms with Crippen LogP contribution in [-0.4, -0.2) is 6.10 Å². The molecule has 0 spiro atoms. The molecule has 0 fully saturated rings. The Hall–Kier alpha value is -1.51. The second kappa shape index (κ2) is 3.93. The quantitative estimate of drug-likeness (QED) is 0.746. The van der Waals surface area contributed by atoms with Gasteiger partial charge in [0.2, 0.25) is 0 Å². The maximum atomic E-state index is 11.5. The molecule has 1 aromatic heterocycles. The minimum Gasteiger partial charge on any atom is -0.485 e. The molecule has 0 saturated heterocycles. The van der Waals surface area contributed by atoms with Crippen molar-refractivity contribution in [3.63, 3.8) is 0 Å². The predicted molar refractivity (Wildman–Crippen MR) is 58.1 cm³/mol. The summed E-state index contributed by atoms with van der Waals surface area (Å²) in [5, 5.41) is 0. The van der Waals surface area contributed by atoms with Crippen LogP contribution in [0.4, 0.5) is 0 Å². The van der Waals surface area contributed by atoms with Crippen LogP contribution in [0, 0.1) is 6.92 Å². The topological polar surface area (TPSA) is 39.4 Å². The lowest BCUT2D eigenvalue weighted by Crippen LogP contribution is -2.20. The zero-order valence-corrected chi connectivity index (χ0v) is 8.95. The maximum absolute atomic E-state index is 11.5. The van der Waals surface area contributed by atoms with Crippen molar-refractivity contribution in [3.05, 3.63) is 33.9 Å². The van der Waals surface area contributed by atoms with Gasteiger partial charge in [0.15, 0.2) is 0 Å². The first-order chi connectivity index (χ1) is 7.20. The van der Waals surface area contributed by atoms with Gasteiger partial charge in [0.25, 0.3) is 0 Å². The molecule has 3 nitrogen and oxygen atoms in total. The number of ether oxygens (including phenoxy) is 1. The number of rotatable bonds is 2. The van der Waals surface area contributed by atoms with Crippen molar-refractivity contribution in [2.24, 2.45) is 0 Å². The van der Waals surface area contributed by atoms with E-state index in [1.165, 1.54) is 0 Å². The molecule has 1 aliphatic heterocycles. The highest BCUT2D eigenvalue weighted by atomic mass is 16.5. The third kappa shape index (κ3) is 1.96. The molecule has 2 heterocycles. The van der Waals surface area contributed by atoms with Crippen molar-refractivity contribution in [2.75, 3.05) is 0 Å². The highest BCUT2D eigenvalue weighted by molar-refractivity contribution is 5.58. The lowest BCUT2D eigenvalue weighted by Gasteiger charge is -2.20. The van der Waals surface area contributed by atoms with Gasteiger partial charge in [0, 0.05) is 6.07 Å². The van der Waals surface area contributed by atoms with Crippen molar-refractivity contribution < 1.29 is 9.15 Å². The molecule has 80 valence electrons. The van der Waals surface area contributed by atoms with Crippen molar-refractivity contribution in [1.82, 2.24) is 0 Å². The van der Waals surface area contributed by atoms with Gasteiger partial charge in [-0.1, -0.05) is 13.3 Å². The zero-order valence-electron chi connectivity index (χ0n) is 8.95. The molecule has 2 rings (SSSR count). The first kappa shape index (κ1) is 10.0. The molecule has 0 bridgehead atoms. The minimum atomic E-state index is -0.323. The molecular formula is C12H14O3. The van der Waals surface area contributed by atoms with Gasteiger partial charge in [0.1, 0.15) is 23.2 Å². The van der Waals surface area contributed by atoms with E-state index in [4.69, 9.17) is 9.15 Å². The van der Waals surface area contributed by atoms with E-state index in [1.807, 2.05) is 6.08 Å². The highest BCUT2D eigenvalue weighted by Gasteiger charge is 2.17. The molecule has 0 N–H and O–H groups in total. The molecule has 0 radical (unpaired) electrons. The van der Waals surface area contributed by atoms with Crippen LogP contribution in [0.25, 0.3) is 6.08 Å². The highest BCUT2D eigenvalue weighted by Crippen LogP contribution is 2.25. The average Bonchev–Trinajstić information content (AvgIpc) is 2.17. The molecule has 1 atom stereocenters. The van der Waals surface area contributed by atoms with Gasteiger partial charge in [-0.25, -0.2) is 4.79 Å². The van der Waals surface area contributed by atoms with Gasteiger partial charge in [-0.05, 0) is 25.5 Å². The summed E-state index contributed by atoms with van der Waals surface area (Å²) in [6.07, 6.45) is 5.83. The Morgan fingerprint density at radius 3 is 3.00 bits per heavy atom. The molecular weight excluding hydrogens is 192 g/mol. The van der Waals surface area contributed by atoms with E-state index in [0.29, 0.717) is 17.1 Å². The van der Waals surface area contributed by atoms with E-state index < -0.39 is 0 Å². The van der Waals surface area contributed by atoms with E-state index in [1.54, 1.807) is 19.1 Å². The Labute approximate surface area is 88.4 Å². The summed E-state index contributed by atoms with van der Waals surface area (Å²) in [6.45, 7) is 3.86. The molecule has 3 heteroatoms. The Kier molecular flexibility index (Phi) is 2.62. The first-order valence-electron chi connectivity index (χ1n) is 5.20. The Morgan fingerprint density at radius 1 is 1.47 bits per heavy atom. The minimum absolute atomic E-state index is 0.0868. The molecule has 15 heavy (non-hydrogen) atoms. The van der Waals surface area contributed by atoms with E-state index in [2.05, 4.69) is 6.92 Å². The number of fused-ring (bicyclic) bond motifs is 1. The average molecular weight is 206 g/mol. The molecule has 0 aromatic carbocycles. The lowest BCUT2D eigenvalue weighted by molar-refractivity contribution is 0.230. The molecule has 1 aromatic rings. The van der Waals surface area contributed by atoms with Crippen LogP contribution in [0.1, 0.15) is 31.1 Å². The predicted octanol–water partition coefficient (Wildman–Crippen LogP) is 2.52. The summed E-state index contributed by atoms with van der Waals surface area (Å²) in [4.78, 5) is 11.5. The molecule has 1 aliphatic rings. The standard InChI is InChI=1S/C12H14O3/c1-3-4-9-5-6-10-11(15-9)7-8(2)14-12(10)13/h5-7,9H,3-4H2,1-2H3/t9-/m1/s1. The number of aryl methyl sites for hydroxylation is 1. The SMILES string of the molecule is CCC[C@@H]1C=Cc2c(cc(C)oc2=O)O1. The van der Waals surface area contributed by atoms with Gasteiger partial charge in [0.05, 0.1) is 0 Å². The fourth-order valence-corrected chi connectivity index (χ4v) is 1.69. The molecule has 0 unspecified atom stereocenters. The van der Waals surface area contributed by atoms with Gasteiger partial charge < -0.3 is 9.15 Å². The van der Waals surface area contributed by atoms with Gasteiger partial charge >= 0.3 is 5.63 Å². The fraction of sp³-hybridized carbons (Fsp3) is 0.417. The van der Waals surface area contributed by atoms with Crippen LogP contribution in [0.2, 0.25) is 0 Å². The molecule has 0 amide bonds. The Bertz CT molecular complexity index is 443. The van der Waals surface area contributed by atoms with Gasteiger partial charge in [-0.15, -0.1) is 0 Å². The summed E-state index contributed by atoms with van der Waals surface area (Å²) < 4.78 is 10.7. The largest absolute Gasteiger partial charge is 0.485 e. The van der Waals surface area contributed by atoms with Crippen LogP contribution in [0.3, 0.4) is 0 Å². The van der Waals surface area contributed by atoms with Crippen LogP contribution in [-0.2, 0) is 0 Å². The summed E-state index contributed by atoms with van der Waals surface area (Å²) in [6, 6.07) is 1.77. The second-order valence-electron chi connectivity index (χ2n) is 3.73. The summed E-state index contributed by atoms with van der Waals surface area (Å²) >= 11 is 0. The summed E-state index contributed by atoms with van der Waals surface area (Å²) in [5.41, 5.74) is 0.198. The van der Waals surface area contributed by atoms with Gasteiger partial charge in [-0.2, -0.15) is 0 Å². The van der Waals surface area contributed by atoms with Crippen molar-refractivity contribution in [1.29, 1.82) is 0 Å². The van der Waals surface area contributed by atoms with Crippen LogP contribution in [0.5, 0.6) is 5.75 Å². The van der Waals surface area contributed by atoms with E-state index >= 15 is 0 Å². The van der Waals surface area contributed by atoms with Crippen LogP contribution < -0.4 is 10.4 Å². The fourth-order valence-electron chi connectivity index (χ4n) is 1.69. The monoisotopic (exact) mass is 206 g/mol. The van der Waals surface area contributed by atoms with Crippen LogP contribution in [0.15, 0.2) is 21.4 Å². The smallest absolute Gasteiger partial charge is 0.346 e. The summed E-state index contributed by atoms with van der Waals surface area (Å²) in [5.74, 6) is 1.23. The molecule has 0 saturated carbocycles. The summed E-state index contributed by atoms with van der Waals surface area (Å²) in [7, 11) is 0. The van der Waals surface area contributed by atoms with Crippen LogP contribution >= 0.6 is 0 Å². The lowest BCUT2D eigenvalue weighted by atomic mass is 10.1. The third-order valence-corrected chi connectivity index (χ3v) is 2.40. The third-order valence-electron chi connectivity index (χ3n) is 2.40. The normalized spacial score (nSPS) is 18.4. The van der Waals surface area contributed by atoms with Gasteiger partial charge in [-0.3, -0.25) is 0 Å². The van der Waals surface area contributed by atoms with E-state index in [-0.39, 0.29) is 11.7 Å². The van der Waals surface area contributed by atoms with E-state index in [9.17, 15) is 4.79 Å². The van der Waals surface area contributed by atoms with Crippen molar-refractivity contribution >= 4 is 6.08 Å². The van der Waals surface area contributed by atoms with Crippen molar-refractivity contribution in [3.8, 4) is 5.75 Å². The second-order valence-corrected chi connectivity index (χ2v) is 3.73. The maximum Gasteiger partial charge on any atom is 0.346 e. The van der Waals surface area contributed by atoms with E-state index in [0.717, 1.165) is 12.8 Å². The first-order valence-corrected chi connectivity index (χ1v) is 5.20. The Balaban J connectivity index is 2.37. The number of hydrogen-bond acceptors (Lipinski definition) is 3. The molecule has 0 aliphatic carbocycles. The number of hydrogen-bond donors (Lipinski definition) is 0. The van der Waals surface area contributed by atoms with Crippen molar-refractivity contribution in [2.45, 2.75) is 32.8 Å².